The number of nitriles is 1. The van der Waals surface area contributed by atoms with Crippen molar-refractivity contribution in [2.75, 3.05) is 4.72 Å². The number of anilines is 1. The van der Waals surface area contributed by atoms with Crippen molar-refractivity contribution in [2.45, 2.75) is 4.90 Å². The molecule has 0 unspecified atom stereocenters. The van der Waals surface area contributed by atoms with Gasteiger partial charge in [-0.25, -0.2) is 8.42 Å². The Balaban J connectivity index is 2.43. The molecule has 0 aliphatic carbocycles. The average molecular weight is 362 g/mol. The first-order valence-corrected chi connectivity index (χ1v) is 8.13. The lowest BCUT2D eigenvalue weighted by Crippen LogP contribution is -2.13. The summed E-state index contributed by atoms with van der Waals surface area (Å²) in [4.78, 5) is -0.186. The summed E-state index contributed by atoms with van der Waals surface area (Å²) in [5, 5.41) is 9.38. The molecular weight excluding hydrogens is 355 g/mol. The zero-order valence-electron chi connectivity index (χ0n) is 10.3. The van der Waals surface area contributed by atoms with Crippen LogP contribution in [0.2, 0.25) is 15.1 Å². The third-order valence-corrected chi connectivity index (χ3v) is 5.12. The van der Waals surface area contributed by atoms with E-state index in [0.717, 1.165) is 0 Å². The van der Waals surface area contributed by atoms with Crippen molar-refractivity contribution in [3.05, 3.63) is 57.0 Å². The van der Waals surface area contributed by atoms with E-state index in [2.05, 4.69) is 4.72 Å². The van der Waals surface area contributed by atoms with Crippen LogP contribution in [0.1, 0.15) is 5.56 Å². The minimum Gasteiger partial charge on any atom is -0.280 e. The highest BCUT2D eigenvalue weighted by atomic mass is 35.5. The number of halogens is 3. The van der Waals surface area contributed by atoms with Gasteiger partial charge < -0.3 is 0 Å². The van der Waals surface area contributed by atoms with Gasteiger partial charge in [0, 0.05) is 0 Å². The molecule has 0 amide bonds. The molecule has 0 atom stereocenters. The van der Waals surface area contributed by atoms with Crippen LogP contribution in [0.25, 0.3) is 0 Å². The van der Waals surface area contributed by atoms with E-state index in [1.165, 1.54) is 36.4 Å². The van der Waals surface area contributed by atoms with E-state index in [0.29, 0.717) is 5.02 Å². The lowest BCUT2D eigenvalue weighted by molar-refractivity contribution is 0.601. The zero-order chi connectivity index (χ0) is 15.6. The van der Waals surface area contributed by atoms with Crippen LogP contribution in [0, 0.1) is 11.3 Å². The molecular formula is C13H7Cl3N2O2S. The highest BCUT2D eigenvalue weighted by Gasteiger charge is 2.19. The molecule has 1 N–H and O–H groups in total. The molecule has 0 bridgehead atoms. The monoisotopic (exact) mass is 360 g/mol. The van der Waals surface area contributed by atoms with Gasteiger partial charge in [-0.3, -0.25) is 4.72 Å². The minimum absolute atomic E-state index is 0.0153. The van der Waals surface area contributed by atoms with Crippen LogP contribution < -0.4 is 4.72 Å². The van der Waals surface area contributed by atoms with E-state index in [4.69, 9.17) is 40.1 Å². The predicted molar refractivity (Wildman–Crippen MR) is 83.4 cm³/mol. The molecule has 108 valence electrons. The molecule has 0 fully saturated rings. The first-order chi connectivity index (χ1) is 9.83. The molecule has 0 aromatic heterocycles. The van der Waals surface area contributed by atoms with Crippen molar-refractivity contribution in [1.82, 2.24) is 0 Å². The fraction of sp³-hybridized carbons (Fsp3) is 0. The van der Waals surface area contributed by atoms with E-state index in [1.54, 1.807) is 0 Å². The largest absolute Gasteiger partial charge is 0.280 e. The maximum atomic E-state index is 12.3. The molecule has 0 radical (unpaired) electrons. The number of nitrogens with one attached hydrogen (secondary N) is 1. The van der Waals surface area contributed by atoms with E-state index in [-0.39, 0.29) is 26.2 Å². The Morgan fingerprint density at radius 1 is 0.952 bits per heavy atom. The number of nitrogens with zero attached hydrogens (tertiary/aromatic N) is 1. The minimum atomic E-state index is -3.94. The summed E-state index contributed by atoms with van der Waals surface area (Å²) < 4.78 is 26.9. The molecule has 2 rings (SSSR count). The van der Waals surface area contributed by atoms with E-state index >= 15 is 0 Å². The predicted octanol–water partition coefficient (Wildman–Crippen LogP) is 4.32. The van der Waals surface area contributed by atoms with Crippen LogP contribution in [0.4, 0.5) is 5.69 Å². The summed E-state index contributed by atoms with van der Waals surface area (Å²) in [6, 6.07) is 10.1. The Morgan fingerprint density at radius 3 is 2.24 bits per heavy atom. The maximum Gasteiger partial charge on any atom is 0.263 e. The van der Waals surface area contributed by atoms with Gasteiger partial charge in [-0.2, -0.15) is 5.26 Å². The smallest absolute Gasteiger partial charge is 0.263 e. The summed E-state index contributed by atoms with van der Waals surface area (Å²) in [6.45, 7) is 0. The fourth-order valence-corrected chi connectivity index (χ4v) is 3.42. The van der Waals surface area contributed by atoms with E-state index in [1.807, 2.05) is 6.07 Å². The average Bonchev–Trinajstić information content (AvgIpc) is 2.43. The quantitative estimate of drug-likeness (QED) is 0.885. The number of sulfonamides is 1. The molecule has 0 saturated carbocycles. The number of hydrogen-bond acceptors (Lipinski definition) is 3. The van der Waals surface area contributed by atoms with Crippen LogP contribution in [0.3, 0.4) is 0 Å². The fourth-order valence-electron chi connectivity index (χ4n) is 1.55. The summed E-state index contributed by atoms with van der Waals surface area (Å²) in [6.07, 6.45) is 0. The van der Waals surface area contributed by atoms with Gasteiger partial charge in [-0.15, -0.1) is 0 Å². The first kappa shape index (κ1) is 15.9. The second kappa shape index (κ2) is 6.12. The maximum absolute atomic E-state index is 12.3. The zero-order valence-corrected chi connectivity index (χ0v) is 13.4. The van der Waals surface area contributed by atoms with Gasteiger partial charge in [-0.05, 0) is 36.4 Å². The van der Waals surface area contributed by atoms with Gasteiger partial charge in [0.1, 0.15) is 4.90 Å². The van der Waals surface area contributed by atoms with Crippen molar-refractivity contribution in [3.8, 4) is 6.07 Å². The summed E-state index contributed by atoms with van der Waals surface area (Å²) in [7, 11) is -3.94. The third-order valence-electron chi connectivity index (χ3n) is 2.52. The van der Waals surface area contributed by atoms with Gasteiger partial charge in [0.25, 0.3) is 10.0 Å². The third kappa shape index (κ3) is 3.60. The van der Waals surface area contributed by atoms with Crippen LogP contribution in [-0.4, -0.2) is 8.42 Å². The van der Waals surface area contributed by atoms with Crippen LogP contribution >= 0.6 is 34.8 Å². The van der Waals surface area contributed by atoms with Crippen molar-refractivity contribution in [1.29, 1.82) is 5.26 Å². The Kier molecular flexibility index (Phi) is 4.64. The van der Waals surface area contributed by atoms with Gasteiger partial charge in [-0.1, -0.05) is 34.8 Å². The second-order valence-corrected chi connectivity index (χ2v) is 6.86. The lowest BCUT2D eigenvalue weighted by atomic mass is 10.2. The standard InChI is InChI=1S/C13H7Cl3N2O2S/c14-10-4-2-9(6-12(10)16)18-21(19,20)13-5-8(7-17)1-3-11(13)15/h1-6,18H. The Hall–Kier alpha value is -1.45. The van der Waals surface area contributed by atoms with Gasteiger partial charge >= 0.3 is 0 Å². The van der Waals surface area contributed by atoms with Gasteiger partial charge in [0.2, 0.25) is 0 Å². The Morgan fingerprint density at radius 2 is 1.62 bits per heavy atom. The van der Waals surface area contributed by atoms with Crippen molar-refractivity contribution >= 4 is 50.5 Å². The number of benzene rings is 2. The van der Waals surface area contributed by atoms with Crippen molar-refractivity contribution in [3.63, 3.8) is 0 Å². The summed E-state index contributed by atoms with van der Waals surface area (Å²) in [5.41, 5.74) is 0.428. The van der Waals surface area contributed by atoms with Crippen molar-refractivity contribution in [2.24, 2.45) is 0 Å². The highest BCUT2D eigenvalue weighted by Crippen LogP contribution is 2.28. The molecule has 0 heterocycles. The highest BCUT2D eigenvalue weighted by molar-refractivity contribution is 7.92. The molecule has 21 heavy (non-hydrogen) atoms. The van der Waals surface area contributed by atoms with Crippen molar-refractivity contribution < 1.29 is 8.42 Å². The molecule has 2 aromatic carbocycles. The first-order valence-electron chi connectivity index (χ1n) is 5.51. The lowest BCUT2D eigenvalue weighted by Gasteiger charge is -2.10. The number of hydrogen-bond donors (Lipinski definition) is 1. The normalized spacial score (nSPS) is 11.0. The van der Waals surface area contributed by atoms with Crippen LogP contribution in [0.15, 0.2) is 41.3 Å². The molecule has 0 saturated heterocycles. The van der Waals surface area contributed by atoms with Gasteiger partial charge in [0.15, 0.2) is 0 Å². The van der Waals surface area contributed by atoms with E-state index < -0.39 is 10.0 Å². The van der Waals surface area contributed by atoms with E-state index in [9.17, 15) is 8.42 Å². The second-order valence-electron chi connectivity index (χ2n) is 3.99. The Bertz CT molecular complexity index is 845. The molecule has 0 aliphatic heterocycles. The summed E-state index contributed by atoms with van der Waals surface area (Å²) in [5.74, 6) is 0. The molecule has 4 nitrogen and oxygen atoms in total. The van der Waals surface area contributed by atoms with Crippen LogP contribution in [0.5, 0.6) is 0 Å². The summed E-state index contributed by atoms with van der Waals surface area (Å²) >= 11 is 17.5. The van der Waals surface area contributed by atoms with Crippen LogP contribution in [-0.2, 0) is 10.0 Å². The Labute approximate surface area is 136 Å². The molecule has 0 spiro atoms. The molecule has 8 heteroatoms. The molecule has 0 aliphatic rings. The SMILES string of the molecule is N#Cc1ccc(Cl)c(S(=O)(=O)Nc2ccc(Cl)c(Cl)c2)c1. The number of rotatable bonds is 3. The topological polar surface area (TPSA) is 70.0 Å². The molecule has 2 aromatic rings. The van der Waals surface area contributed by atoms with Gasteiger partial charge in [0.05, 0.1) is 32.4 Å².